The second-order valence-electron chi connectivity index (χ2n) is 5.09. The molecule has 0 bridgehead atoms. The van der Waals surface area contributed by atoms with Crippen LogP contribution in [0.2, 0.25) is 5.02 Å². The third-order valence-electron chi connectivity index (χ3n) is 3.57. The Labute approximate surface area is 130 Å². The molecule has 21 heavy (non-hydrogen) atoms. The van der Waals surface area contributed by atoms with Gasteiger partial charge in [-0.05, 0) is 49.2 Å². The van der Waals surface area contributed by atoms with E-state index in [0.29, 0.717) is 11.4 Å². The molecule has 114 valence electrons. The van der Waals surface area contributed by atoms with Gasteiger partial charge in [0.1, 0.15) is 5.82 Å². The van der Waals surface area contributed by atoms with Gasteiger partial charge in [-0.25, -0.2) is 4.39 Å². The van der Waals surface area contributed by atoms with E-state index >= 15 is 0 Å². The maximum Gasteiger partial charge on any atom is 0.123 e. The van der Waals surface area contributed by atoms with Gasteiger partial charge < -0.3 is 5.32 Å². The fourth-order valence-electron chi connectivity index (χ4n) is 2.49. The monoisotopic (exact) mass is 309 g/mol. The Bertz CT molecular complexity index is 610. The van der Waals surface area contributed by atoms with Gasteiger partial charge in [-0.1, -0.05) is 25.4 Å². The Balaban J connectivity index is 2.30. The Kier molecular flexibility index (Phi) is 5.37. The molecule has 1 heterocycles. The summed E-state index contributed by atoms with van der Waals surface area (Å²) in [6.45, 7) is 4.96. The van der Waals surface area contributed by atoms with Crippen LogP contribution in [0.5, 0.6) is 0 Å². The number of rotatable bonds is 6. The van der Waals surface area contributed by atoms with Crippen molar-refractivity contribution in [3.8, 4) is 0 Å². The summed E-state index contributed by atoms with van der Waals surface area (Å²) >= 11 is 6.18. The van der Waals surface area contributed by atoms with E-state index in [9.17, 15) is 4.39 Å². The zero-order chi connectivity index (χ0) is 15.4. The summed E-state index contributed by atoms with van der Waals surface area (Å²) in [6.07, 6.45) is 1.53. The van der Waals surface area contributed by atoms with Gasteiger partial charge in [-0.3, -0.25) is 4.68 Å². The van der Waals surface area contributed by atoms with E-state index in [1.165, 1.54) is 12.1 Å². The second-order valence-corrected chi connectivity index (χ2v) is 5.50. The van der Waals surface area contributed by atoms with Crippen LogP contribution < -0.4 is 5.32 Å². The molecule has 1 atom stereocenters. The first-order valence-electron chi connectivity index (χ1n) is 7.25. The fourth-order valence-corrected chi connectivity index (χ4v) is 2.68. The van der Waals surface area contributed by atoms with E-state index in [0.717, 1.165) is 29.9 Å². The lowest BCUT2D eigenvalue weighted by molar-refractivity contribution is 0.506. The molecular formula is C16H21ClFN3. The highest BCUT2D eigenvalue weighted by molar-refractivity contribution is 6.31. The van der Waals surface area contributed by atoms with Gasteiger partial charge in [-0.15, -0.1) is 0 Å². The first kappa shape index (κ1) is 16.0. The SMILES string of the molecule is CCNC(Cc1cc(F)ccc1Cl)c1cc(CC)nn1C. The number of benzene rings is 1. The average molecular weight is 310 g/mol. The summed E-state index contributed by atoms with van der Waals surface area (Å²) in [5, 5.41) is 8.51. The molecule has 0 aliphatic heterocycles. The molecule has 0 spiro atoms. The van der Waals surface area contributed by atoms with Crippen LogP contribution >= 0.6 is 11.6 Å². The average Bonchev–Trinajstić information content (AvgIpc) is 2.83. The number of hydrogen-bond acceptors (Lipinski definition) is 2. The van der Waals surface area contributed by atoms with Crippen LogP contribution in [-0.2, 0) is 19.9 Å². The maximum atomic E-state index is 13.4. The summed E-state index contributed by atoms with van der Waals surface area (Å²) in [5.74, 6) is -0.260. The third kappa shape index (κ3) is 3.83. The highest BCUT2D eigenvalue weighted by Crippen LogP contribution is 2.25. The minimum Gasteiger partial charge on any atom is -0.309 e. The van der Waals surface area contributed by atoms with Crippen molar-refractivity contribution in [3.63, 3.8) is 0 Å². The summed E-state index contributed by atoms with van der Waals surface area (Å²) in [7, 11) is 1.94. The molecule has 0 amide bonds. The summed E-state index contributed by atoms with van der Waals surface area (Å²) in [6, 6.07) is 6.65. The van der Waals surface area contributed by atoms with Gasteiger partial charge in [0.15, 0.2) is 0 Å². The molecule has 2 aromatic rings. The molecule has 3 nitrogen and oxygen atoms in total. The van der Waals surface area contributed by atoms with E-state index in [1.807, 2.05) is 11.7 Å². The molecule has 0 saturated heterocycles. The van der Waals surface area contributed by atoms with Crippen LogP contribution in [0.15, 0.2) is 24.3 Å². The van der Waals surface area contributed by atoms with Crippen LogP contribution in [0.25, 0.3) is 0 Å². The van der Waals surface area contributed by atoms with E-state index in [4.69, 9.17) is 11.6 Å². The lowest BCUT2D eigenvalue weighted by atomic mass is 10.0. The van der Waals surface area contributed by atoms with Crippen molar-refractivity contribution < 1.29 is 4.39 Å². The van der Waals surface area contributed by atoms with Crippen molar-refractivity contribution in [3.05, 3.63) is 52.1 Å². The molecule has 0 radical (unpaired) electrons. The lowest BCUT2D eigenvalue weighted by Gasteiger charge is -2.19. The molecule has 0 aliphatic carbocycles. The van der Waals surface area contributed by atoms with Crippen molar-refractivity contribution in [1.29, 1.82) is 0 Å². The normalized spacial score (nSPS) is 12.6. The highest BCUT2D eigenvalue weighted by atomic mass is 35.5. The van der Waals surface area contributed by atoms with E-state index in [-0.39, 0.29) is 11.9 Å². The van der Waals surface area contributed by atoms with Gasteiger partial charge in [0.25, 0.3) is 0 Å². The summed E-state index contributed by atoms with van der Waals surface area (Å²) < 4.78 is 15.3. The number of hydrogen-bond donors (Lipinski definition) is 1. The summed E-state index contributed by atoms with van der Waals surface area (Å²) in [5.41, 5.74) is 2.96. The molecule has 1 unspecified atom stereocenters. The second kappa shape index (κ2) is 7.05. The standard InChI is InChI=1S/C16H21ClFN3/c1-4-13-10-16(21(3)20-13)15(19-5-2)9-11-8-12(18)6-7-14(11)17/h6-8,10,15,19H,4-5,9H2,1-3H3. The van der Waals surface area contributed by atoms with Gasteiger partial charge in [0.05, 0.1) is 17.4 Å². The molecule has 1 N–H and O–H groups in total. The molecule has 1 aromatic carbocycles. The minimum atomic E-state index is -0.260. The number of nitrogens with one attached hydrogen (secondary N) is 1. The number of likely N-dealkylation sites (N-methyl/N-ethyl adjacent to an activating group) is 1. The summed E-state index contributed by atoms with van der Waals surface area (Å²) in [4.78, 5) is 0. The molecular weight excluding hydrogens is 289 g/mol. The van der Waals surface area contributed by atoms with Crippen molar-refractivity contribution in [1.82, 2.24) is 15.1 Å². The third-order valence-corrected chi connectivity index (χ3v) is 3.94. The zero-order valence-corrected chi connectivity index (χ0v) is 13.4. The van der Waals surface area contributed by atoms with Crippen LogP contribution in [0, 0.1) is 5.82 Å². The van der Waals surface area contributed by atoms with E-state index in [2.05, 4.69) is 30.3 Å². The molecule has 0 fully saturated rings. The van der Waals surface area contributed by atoms with Crippen LogP contribution in [-0.4, -0.2) is 16.3 Å². The molecule has 5 heteroatoms. The van der Waals surface area contributed by atoms with Crippen molar-refractivity contribution >= 4 is 11.6 Å². The van der Waals surface area contributed by atoms with Gasteiger partial charge in [-0.2, -0.15) is 5.10 Å². The highest BCUT2D eigenvalue weighted by Gasteiger charge is 2.18. The van der Waals surface area contributed by atoms with Crippen molar-refractivity contribution in [2.75, 3.05) is 6.54 Å². The number of halogens is 2. The largest absolute Gasteiger partial charge is 0.309 e. The van der Waals surface area contributed by atoms with Crippen LogP contribution in [0.4, 0.5) is 4.39 Å². The quantitative estimate of drug-likeness (QED) is 0.882. The topological polar surface area (TPSA) is 29.9 Å². The fraction of sp³-hybridized carbons (Fsp3) is 0.438. The Morgan fingerprint density at radius 3 is 2.71 bits per heavy atom. The first-order chi connectivity index (χ1) is 10.0. The maximum absolute atomic E-state index is 13.4. The predicted molar refractivity (Wildman–Crippen MR) is 84.1 cm³/mol. The minimum absolute atomic E-state index is 0.0621. The Morgan fingerprint density at radius 2 is 2.10 bits per heavy atom. The van der Waals surface area contributed by atoms with Crippen LogP contribution in [0.1, 0.15) is 36.8 Å². The van der Waals surface area contributed by atoms with E-state index < -0.39 is 0 Å². The predicted octanol–water partition coefficient (Wildman–Crippen LogP) is 3.67. The van der Waals surface area contributed by atoms with Gasteiger partial charge in [0, 0.05) is 12.1 Å². The lowest BCUT2D eigenvalue weighted by Crippen LogP contribution is -2.25. The van der Waals surface area contributed by atoms with E-state index in [1.54, 1.807) is 6.07 Å². The number of aryl methyl sites for hydroxylation is 2. The van der Waals surface area contributed by atoms with Gasteiger partial charge in [0.2, 0.25) is 0 Å². The van der Waals surface area contributed by atoms with Crippen molar-refractivity contribution in [2.45, 2.75) is 32.7 Å². The Morgan fingerprint density at radius 1 is 1.33 bits per heavy atom. The molecule has 0 aliphatic rings. The van der Waals surface area contributed by atoms with Crippen molar-refractivity contribution in [2.24, 2.45) is 7.05 Å². The van der Waals surface area contributed by atoms with Gasteiger partial charge >= 0.3 is 0 Å². The Hall–Kier alpha value is -1.39. The number of aromatic nitrogens is 2. The molecule has 0 saturated carbocycles. The first-order valence-corrected chi connectivity index (χ1v) is 7.63. The molecule has 2 rings (SSSR count). The van der Waals surface area contributed by atoms with Crippen LogP contribution in [0.3, 0.4) is 0 Å². The smallest absolute Gasteiger partial charge is 0.123 e. The molecule has 1 aromatic heterocycles. The zero-order valence-electron chi connectivity index (χ0n) is 12.7. The number of nitrogens with zero attached hydrogens (tertiary/aromatic N) is 2.